The molecule has 3 unspecified atom stereocenters. The number of hydrogen-bond acceptors (Lipinski definition) is 4. The van der Waals surface area contributed by atoms with Crippen molar-refractivity contribution >= 4 is 16.1 Å². The van der Waals surface area contributed by atoms with Crippen LogP contribution in [0.5, 0.6) is 0 Å². The number of aryl methyl sites for hydroxylation is 1. The fourth-order valence-corrected chi connectivity index (χ4v) is 6.85. The van der Waals surface area contributed by atoms with Gasteiger partial charge in [-0.15, -0.1) is 0 Å². The summed E-state index contributed by atoms with van der Waals surface area (Å²) in [6.45, 7) is 4.86. The minimum Gasteiger partial charge on any atom is -0.321 e. The van der Waals surface area contributed by atoms with E-state index >= 15 is 0 Å². The molecule has 2 saturated heterocycles. The van der Waals surface area contributed by atoms with Gasteiger partial charge in [0.1, 0.15) is 5.82 Å². The Labute approximate surface area is 252 Å². The number of halogens is 7. The highest BCUT2D eigenvalue weighted by molar-refractivity contribution is 7.88. The van der Waals surface area contributed by atoms with Gasteiger partial charge >= 0.3 is 18.4 Å². The standard InChI is InChI=1S/C29H35F7N4O3S/c1-18-13-23(30)5-6-25(18)26-17-24(38-9-11-39(12-10-38)44(4,42)43)7-8-40(26)27(41)37(3)19(2)20-14-21(28(31,32)33)16-22(15-20)29(34,35)36/h5-6,13-16,19,24,26H,7-12,17H2,1-4H3. The van der Waals surface area contributed by atoms with Gasteiger partial charge in [0.2, 0.25) is 10.0 Å². The Morgan fingerprint density at radius 1 is 0.932 bits per heavy atom. The molecule has 0 bridgehead atoms. The largest absolute Gasteiger partial charge is 0.416 e. The minimum atomic E-state index is -5.03. The number of carbonyl (C=O) groups excluding carboxylic acids is 1. The van der Waals surface area contributed by atoms with Crippen LogP contribution in [0.3, 0.4) is 0 Å². The van der Waals surface area contributed by atoms with E-state index in [0.717, 1.165) is 11.2 Å². The highest BCUT2D eigenvalue weighted by Gasteiger charge is 2.41. The summed E-state index contributed by atoms with van der Waals surface area (Å²) < 4.78 is 120. The van der Waals surface area contributed by atoms with E-state index in [1.165, 1.54) is 35.3 Å². The fraction of sp³-hybridized carbons (Fsp3) is 0.552. The van der Waals surface area contributed by atoms with Crippen molar-refractivity contribution in [3.8, 4) is 0 Å². The first-order chi connectivity index (χ1) is 20.3. The lowest BCUT2D eigenvalue weighted by atomic mass is 9.88. The molecule has 0 N–H and O–H groups in total. The average Bonchev–Trinajstić information content (AvgIpc) is 2.94. The number of rotatable bonds is 5. The van der Waals surface area contributed by atoms with Crippen molar-refractivity contribution in [1.82, 2.24) is 19.0 Å². The third kappa shape index (κ3) is 7.48. The molecule has 15 heteroatoms. The molecule has 2 aliphatic heterocycles. The number of hydrogen-bond donors (Lipinski definition) is 0. The quantitative estimate of drug-likeness (QED) is 0.368. The molecule has 2 amide bonds. The summed E-state index contributed by atoms with van der Waals surface area (Å²) in [5.74, 6) is -0.468. The second-order valence-corrected chi connectivity index (χ2v) is 13.5. The van der Waals surface area contributed by atoms with Crippen LogP contribution in [0.15, 0.2) is 36.4 Å². The predicted octanol–water partition coefficient (Wildman–Crippen LogP) is 6.07. The van der Waals surface area contributed by atoms with Crippen molar-refractivity contribution in [2.24, 2.45) is 0 Å². The van der Waals surface area contributed by atoms with Crippen molar-refractivity contribution in [3.05, 3.63) is 70.0 Å². The summed E-state index contributed by atoms with van der Waals surface area (Å²) >= 11 is 0. The van der Waals surface area contributed by atoms with Crippen LogP contribution in [-0.2, 0) is 22.4 Å². The van der Waals surface area contributed by atoms with Gasteiger partial charge in [-0.1, -0.05) is 6.07 Å². The lowest BCUT2D eigenvalue weighted by Crippen LogP contribution is -2.56. The Bertz CT molecular complexity index is 1440. The molecule has 4 rings (SSSR count). The molecule has 0 saturated carbocycles. The minimum absolute atomic E-state index is 0.0456. The predicted molar refractivity (Wildman–Crippen MR) is 150 cm³/mol. The van der Waals surface area contributed by atoms with Gasteiger partial charge in [-0.2, -0.15) is 30.6 Å². The second-order valence-electron chi connectivity index (χ2n) is 11.5. The number of likely N-dealkylation sites (tertiary alicyclic amines) is 1. The zero-order chi connectivity index (χ0) is 32.8. The SMILES string of the molecule is Cc1cc(F)ccc1C1CC(N2CCN(S(C)(=O)=O)CC2)CCN1C(=O)N(C)C(C)c1cc(C(F)(F)F)cc(C(F)(F)F)c1. The van der Waals surface area contributed by atoms with E-state index in [2.05, 4.69) is 4.90 Å². The molecule has 0 radical (unpaired) electrons. The Balaban J connectivity index is 1.62. The van der Waals surface area contributed by atoms with Crippen LogP contribution in [0.2, 0.25) is 0 Å². The van der Waals surface area contributed by atoms with Crippen LogP contribution >= 0.6 is 0 Å². The Morgan fingerprint density at radius 2 is 1.50 bits per heavy atom. The molecule has 0 aliphatic carbocycles. The summed E-state index contributed by atoms with van der Waals surface area (Å²) in [6, 6.07) is 3.10. The van der Waals surface area contributed by atoms with E-state index in [9.17, 15) is 43.9 Å². The number of urea groups is 1. The smallest absolute Gasteiger partial charge is 0.321 e. The summed E-state index contributed by atoms with van der Waals surface area (Å²) in [5, 5.41) is 0. The molecule has 7 nitrogen and oxygen atoms in total. The average molecular weight is 653 g/mol. The van der Waals surface area contributed by atoms with E-state index in [1.807, 2.05) is 0 Å². The number of carbonyl (C=O) groups is 1. The molecule has 2 aromatic carbocycles. The maximum absolute atomic E-state index is 14.0. The number of piperidine rings is 1. The third-order valence-corrected chi connectivity index (χ3v) is 9.95. The van der Waals surface area contributed by atoms with E-state index < -0.39 is 57.4 Å². The molecule has 0 spiro atoms. The number of alkyl halides is 6. The molecule has 2 heterocycles. The van der Waals surface area contributed by atoms with Crippen molar-refractivity contribution in [2.45, 2.75) is 57.2 Å². The monoisotopic (exact) mass is 652 g/mol. The van der Waals surface area contributed by atoms with Crippen LogP contribution in [0.25, 0.3) is 0 Å². The maximum atomic E-state index is 14.0. The van der Waals surface area contributed by atoms with Crippen molar-refractivity contribution in [1.29, 1.82) is 0 Å². The van der Waals surface area contributed by atoms with E-state index in [1.54, 1.807) is 13.0 Å². The molecule has 2 aliphatic rings. The molecule has 0 aromatic heterocycles. The third-order valence-electron chi connectivity index (χ3n) is 8.65. The summed E-state index contributed by atoms with van der Waals surface area (Å²) in [5.41, 5.74) is -2.01. The van der Waals surface area contributed by atoms with Crippen LogP contribution in [-0.4, -0.2) is 85.5 Å². The van der Waals surface area contributed by atoms with Gasteiger partial charge in [-0.05, 0) is 73.7 Å². The number of piperazine rings is 1. The van der Waals surface area contributed by atoms with Gasteiger partial charge < -0.3 is 9.80 Å². The Kier molecular flexibility index (Phi) is 9.63. The van der Waals surface area contributed by atoms with Crippen molar-refractivity contribution in [3.63, 3.8) is 0 Å². The normalized spacial score (nSPS) is 21.8. The summed E-state index contributed by atoms with van der Waals surface area (Å²) in [6.07, 6.45) is -7.98. The lowest BCUT2D eigenvalue weighted by Gasteiger charge is -2.47. The zero-order valence-electron chi connectivity index (χ0n) is 24.7. The first-order valence-electron chi connectivity index (χ1n) is 14.1. The zero-order valence-corrected chi connectivity index (χ0v) is 25.5. The summed E-state index contributed by atoms with van der Waals surface area (Å²) in [7, 11) is -2.01. The Hall–Kier alpha value is -2.91. The van der Waals surface area contributed by atoms with Crippen molar-refractivity contribution < 1.29 is 43.9 Å². The first-order valence-corrected chi connectivity index (χ1v) is 15.9. The molecular weight excluding hydrogens is 617 g/mol. The molecular formula is C29H35F7N4O3S. The number of amides is 2. The van der Waals surface area contributed by atoms with Gasteiger partial charge in [-0.25, -0.2) is 17.6 Å². The molecule has 244 valence electrons. The first kappa shape index (κ1) is 34.0. The van der Waals surface area contributed by atoms with Gasteiger partial charge in [0, 0.05) is 45.8 Å². The van der Waals surface area contributed by atoms with Crippen LogP contribution in [0, 0.1) is 12.7 Å². The van der Waals surface area contributed by atoms with E-state index in [0.29, 0.717) is 62.3 Å². The van der Waals surface area contributed by atoms with Gasteiger partial charge in [-0.3, -0.25) is 4.90 Å². The fourth-order valence-electron chi connectivity index (χ4n) is 6.03. The van der Waals surface area contributed by atoms with Gasteiger partial charge in [0.25, 0.3) is 0 Å². The maximum Gasteiger partial charge on any atom is 0.416 e. The highest BCUT2D eigenvalue weighted by atomic mass is 32.2. The number of nitrogens with zero attached hydrogens (tertiary/aromatic N) is 4. The van der Waals surface area contributed by atoms with Crippen LogP contribution in [0.1, 0.15) is 59.7 Å². The lowest BCUT2D eigenvalue weighted by molar-refractivity contribution is -0.143. The number of benzene rings is 2. The van der Waals surface area contributed by atoms with Crippen LogP contribution < -0.4 is 0 Å². The van der Waals surface area contributed by atoms with E-state index in [4.69, 9.17) is 0 Å². The van der Waals surface area contributed by atoms with Gasteiger partial charge in [0.15, 0.2) is 0 Å². The highest BCUT2D eigenvalue weighted by Crippen LogP contribution is 2.40. The van der Waals surface area contributed by atoms with E-state index in [-0.39, 0.29) is 24.2 Å². The summed E-state index contributed by atoms with van der Waals surface area (Å²) in [4.78, 5) is 18.7. The van der Waals surface area contributed by atoms with Crippen molar-refractivity contribution in [2.75, 3.05) is 46.0 Å². The molecule has 2 aromatic rings. The van der Waals surface area contributed by atoms with Crippen LogP contribution in [0.4, 0.5) is 35.5 Å². The molecule has 44 heavy (non-hydrogen) atoms. The van der Waals surface area contributed by atoms with Gasteiger partial charge in [0.05, 0.1) is 29.5 Å². The second kappa shape index (κ2) is 12.5. The number of sulfonamides is 1. The molecule has 2 fully saturated rings. The topological polar surface area (TPSA) is 64.2 Å². The Morgan fingerprint density at radius 3 is 2.00 bits per heavy atom. The molecule has 3 atom stereocenters.